The number of rotatable bonds is 4. The highest BCUT2D eigenvalue weighted by molar-refractivity contribution is 5.89. The summed E-state index contributed by atoms with van der Waals surface area (Å²) in [6.07, 6.45) is 1.14. The van der Waals surface area contributed by atoms with Gasteiger partial charge in [-0.2, -0.15) is 0 Å². The number of ether oxygens (including phenoxy) is 1. The van der Waals surface area contributed by atoms with Crippen molar-refractivity contribution < 1.29 is 19.0 Å². The smallest absolute Gasteiger partial charge is 0.337 e. The van der Waals surface area contributed by atoms with Gasteiger partial charge in [0.15, 0.2) is 5.82 Å². The number of pyridine rings is 1. The summed E-state index contributed by atoms with van der Waals surface area (Å²) in [6.45, 7) is 0. The second-order valence-corrected chi connectivity index (χ2v) is 3.94. The molecule has 0 saturated heterocycles. The van der Waals surface area contributed by atoms with E-state index < -0.39 is 11.8 Å². The quantitative estimate of drug-likeness (QED) is 0.793. The Bertz CT molecular complexity index is 661. The zero-order valence-corrected chi connectivity index (χ0v) is 10.6. The van der Waals surface area contributed by atoms with Gasteiger partial charge < -0.3 is 20.9 Å². The number of nitrogen functional groups attached to an aromatic ring is 1. The summed E-state index contributed by atoms with van der Waals surface area (Å²) in [7, 11) is 1.46. The first-order valence-corrected chi connectivity index (χ1v) is 5.60. The van der Waals surface area contributed by atoms with E-state index in [-0.39, 0.29) is 22.8 Å². The molecule has 20 heavy (non-hydrogen) atoms. The van der Waals surface area contributed by atoms with E-state index >= 15 is 0 Å². The minimum atomic E-state index is -1.14. The highest BCUT2D eigenvalue weighted by Gasteiger charge is 2.10. The topological polar surface area (TPSA) is 97.5 Å². The number of aromatic carboxylic acids is 1. The summed E-state index contributed by atoms with van der Waals surface area (Å²) in [4.78, 5) is 14.6. The number of carbonyl (C=O) groups is 1. The largest absolute Gasteiger partial charge is 0.497 e. The van der Waals surface area contributed by atoms with Crippen molar-refractivity contribution in [2.75, 3.05) is 18.2 Å². The first-order valence-electron chi connectivity index (χ1n) is 5.60. The molecule has 104 valence electrons. The van der Waals surface area contributed by atoms with E-state index in [9.17, 15) is 9.18 Å². The number of methoxy groups -OCH3 is 1. The molecule has 0 unspecified atom stereocenters. The molecule has 1 heterocycles. The van der Waals surface area contributed by atoms with Crippen molar-refractivity contribution in [2.24, 2.45) is 0 Å². The normalized spacial score (nSPS) is 10.1. The molecule has 7 heteroatoms. The van der Waals surface area contributed by atoms with Gasteiger partial charge in [-0.15, -0.1) is 0 Å². The highest BCUT2D eigenvalue weighted by Crippen LogP contribution is 2.26. The van der Waals surface area contributed by atoms with Gasteiger partial charge in [-0.1, -0.05) is 0 Å². The van der Waals surface area contributed by atoms with Crippen molar-refractivity contribution in [2.45, 2.75) is 0 Å². The summed E-state index contributed by atoms with van der Waals surface area (Å²) in [6, 6.07) is 5.41. The first kappa shape index (κ1) is 13.6. The standard InChI is InChI=1S/C13H12FN3O3/c1-20-8-2-3-9(14)11(5-8)17-12-10(15)4-7(6-16-12)13(18)19/h2-6H,15H2,1H3,(H,16,17)(H,18,19). The number of carboxylic acids is 1. The Morgan fingerprint density at radius 1 is 1.45 bits per heavy atom. The Balaban J connectivity index is 2.32. The molecular formula is C13H12FN3O3. The maximum atomic E-state index is 13.7. The molecule has 4 N–H and O–H groups in total. The minimum absolute atomic E-state index is 0.0424. The molecular weight excluding hydrogens is 265 g/mol. The monoisotopic (exact) mass is 277 g/mol. The molecule has 0 saturated carbocycles. The summed E-state index contributed by atoms with van der Waals surface area (Å²) >= 11 is 0. The Hall–Kier alpha value is -2.83. The van der Waals surface area contributed by atoms with E-state index in [1.54, 1.807) is 0 Å². The van der Waals surface area contributed by atoms with Crippen LogP contribution in [0, 0.1) is 5.82 Å². The second-order valence-electron chi connectivity index (χ2n) is 3.94. The third-order valence-electron chi connectivity index (χ3n) is 2.59. The van der Waals surface area contributed by atoms with Crippen LogP contribution in [0.5, 0.6) is 5.75 Å². The number of benzene rings is 1. The molecule has 0 amide bonds. The van der Waals surface area contributed by atoms with Crippen molar-refractivity contribution in [3.05, 3.63) is 41.8 Å². The van der Waals surface area contributed by atoms with Gasteiger partial charge in [-0.25, -0.2) is 14.2 Å². The second kappa shape index (κ2) is 5.43. The number of aromatic nitrogens is 1. The van der Waals surface area contributed by atoms with Crippen LogP contribution in [0.3, 0.4) is 0 Å². The summed E-state index contributed by atoms with van der Waals surface area (Å²) in [5, 5.41) is 11.5. The van der Waals surface area contributed by atoms with Crippen LogP contribution in [0.4, 0.5) is 21.6 Å². The van der Waals surface area contributed by atoms with E-state index in [0.717, 1.165) is 6.20 Å². The molecule has 0 fully saturated rings. The van der Waals surface area contributed by atoms with Gasteiger partial charge in [0, 0.05) is 12.3 Å². The Kier molecular flexibility index (Phi) is 3.69. The van der Waals surface area contributed by atoms with E-state index in [1.165, 1.54) is 31.4 Å². The predicted octanol–water partition coefficient (Wildman–Crippen LogP) is 2.25. The molecule has 0 bridgehead atoms. The maximum Gasteiger partial charge on any atom is 0.337 e. The maximum absolute atomic E-state index is 13.7. The van der Waals surface area contributed by atoms with Gasteiger partial charge in [0.25, 0.3) is 0 Å². The summed E-state index contributed by atoms with van der Waals surface area (Å²) < 4.78 is 18.6. The summed E-state index contributed by atoms with van der Waals surface area (Å²) in [5.41, 5.74) is 5.88. The minimum Gasteiger partial charge on any atom is -0.497 e. The fraction of sp³-hybridized carbons (Fsp3) is 0.0769. The third kappa shape index (κ3) is 2.77. The highest BCUT2D eigenvalue weighted by atomic mass is 19.1. The van der Waals surface area contributed by atoms with Gasteiger partial charge >= 0.3 is 5.97 Å². The van der Waals surface area contributed by atoms with E-state index in [2.05, 4.69) is 10.3 Å². The number of nitrogens with one attached hydrogen (secondary N) is 1. The van der Waals surface area contributed by atoms with Crippen molar-refractivity contribution in [1.29, 1.82) is 0 Å². The van der Waals surface area contributed by atoms with Crippen LogP contribution in [0.25, 0.3) is 0 Å². The number of anilines is 3. The zero-order chi connectivity index (χ0) is 14.7. The lowest BCUT2D eigenvalue weighted by Crippen LogP contribution is -2.04. The van der Waals surface area contributed by atoms with Crippen LogP contribution in [-0.2, 0) is 0 Å². The predicted molar refractivity (Wildman–Crippen MR) is 71.8 cm³/mol. The molecule has 1 aromatic carbocycles. The van der Waals surface area contributed by atoms with Crippen molar-refractivity contribution in [3.63, 3.8) is 0 Å². The van der Waals surface area contributed by atoms with E-state index in [0.29, 0.717) is 5.75 Å². The van der Waals surface area contributed by atoms with Crippen LogP contribution in [0.2, 0.25) is 0 Å². The molecule has 0 aliphatic rings. The molecule has 2 aromatic rings. The van der Waals surface area contributed by atoms with Gasteiger partial charge in [0.1, 0.15) is 11.6 Å². The van der Waals surface area contributed by atoms with Crippen LogP contribution < -0.4 is 15.8 Å². The van der Waals surface area contributed by atoms with E-state index in [4.69, 9.17) is 15.6 Å². The lowest BCUT2D eigenvalue weighted by atomic mass is 10.2. The average Bonchev–Trinajstić information content (AvgIpc) is 2.43. The number of hydrogen-bond acceptors (Lipinski definition) is 5. The third-order valence-corrected chi connectivity index (χ3v) is 2.59. The van der Waals surface area contributed by atoms with Gasteiger partial charge in [-0.05, 0) is 18.2 Å². The molecule has 0 radical (unpaired) electrons. The van der Waals surface area contributed by atoms with Crippen molar-refractivity contribution in [3.8, 4) is 5.75 Å². The zero-order valence-electron chi connectivity index (χ0n) is 10.6. The molecule has 0 aliphatic heterocycles. The number of nitrogens with two attached hydrogens (primary N) is 1. The van der Waals surface area contributed by atoms with Crippen LogP contribution in [0.15, 0.2) is 30.5 Å². The van der Waals surface area contributed by atoms with Crippen LogP contribution in [0.1, 0.15) is 10.4 Å². The molecule has 2 rings (SSSR count). The number of halogens is 1. The van der Waals surface area contributed by atoms with Crippen LogP contribution in [-0.4, -0.2) is 23.2 Å². The van der Waals surface area contributed by atoms with Crippen molar-refractivity contribution >= 4 is 23.2 Å². The van der Waals surface area contributed by atoms with E-state index in [1.807, 2.05) is 0 Å². The van der Waals surface area contributed by atoms with Gasteiger partial charge in [-0.3, -0.25) is 0 Å². The fourth-order valence-corrected chi connectivity index (χ4v) is 1.56. The SMILES string of the molecule is COc1ccc(F)c(Nc2ncc(C(=O)O)cc2N)c1. The Morgan fingerprint density at radius 3 is 2.80 bits per heavy atom. The number of carboxylic acid groups (broad SMARTS) is 1. The lowest BCUT2D eigenvalue weighted by Gasteiger charge is -2.10. The van der Waals surface area contributed by atoms with Gasteiger partial charge in [0.05, 0.1) is 24.0 Å². The summed E-state index contributed by atoms with van der Waals surface area (Å²) in [5.74, 6) is -1.01. The van der Waals surface area contributed by atoms with Crippen LogP contribution >= 0.6 is 0 Å². The molecule has 0 spiro atoms. The molecule has 0 aliphatic carbocycles. The molecule has 1 aromatic heterocycles. The van der Waals surface area contributed by atoms with Gasteiger partial charge in [0.2, 0.25) is 0 Å². The average molecular weight is 277 g/mol. The number of hydrogen-bond donors (Lipinski definition) is 3. The Morgan fingerprint density at radius 2 is 2.20 bits per heavy atom. The van der Waals surface area contributed by atoms with Crippen molar-refractivity contribution in [1.82, 2.24) is 4.98 Å². The molecule has 0 atom stereocenters. The first-order chi connectivity index (χ1) is 9.51. The Labute approximate surface area is 114 Å². The lowest BCUT2D eigenvalue weighted by molar-refractivity contribution is 0.0696. The molecule has 6 nitrogen and oxygen atoms in total. The number of nitrogens with zero attached hydrogens (tertiary/aromatic N) is 1. The fourth-order valence-electron chi connectivity index (χ4n) is 1.56.